The van der Waals surface area contributed by atoms with Crippen LogP contribution >= 0.6 is 0 Å². The minimum absolute atomic E-state index is 0.167. The maximum Gasteiger partial charge on any atom is 0.223 e. The van der Waals surface area contributed by atoms with Crippen LogP contribution in [-0.4, -0.2) is 40.4 Å². The number of nitrogens with one attached hydrogen (secondary N) is 2. The molecule has 1 aromatic heterocycles. The van der Waals surface area contributed by atoms with Crippen LogP contribution < -0.4 is 5.32 Å². The third-order valence-corrected chi connectivity index (χ3v) is 4.45. The number of nitrogens with zero attached hydrogens (tertiary/aromatic N) is 2. The predicted octanol–water partition coefficient (Wildman–Crippen LogP) is 2.55. The van der Waals surface area contributed by atoms with Crippen molar-refractivity contribution in [2.24, 2.45) is 11.8 Å². The minimum Gasteiger partial charge on any atom is -0.356 e. The van der Waals surface area contributed by atoms with Crippen molar-refractivity contribution < 1.29 is 4.79 Å². The molecule has 2 heterocycles. The molecular formula is C18H26N4O. The Kier molecular flexibility index (Phi) is 4.96. The normalized spacial score (nSPS) is 17.0. The van der Waals surface area contributed by atoms with Crippen molar-refractivity contribution in [1.29, 1.82) is 0 Å². The summed E-state index contributed by atoms with van der Waals surface area (Å²) in [5, 5.41) is 3.06. The lowest BCUT2D eigenvalue weighted by molar-refractivity contribution is -0.126. The second-order valence-corrected chi connectivity index (χ2v) is 6.89. The molecule has 23 heavy (non-hydrogen) atoms. The fourth-order valence-corrected chi connectivity index (χ4v) is 3.09. The van der Waals surface area contributed by atoms with E-state index in [4.69, 9.17) is 0 Å². The monoisotopic (exact) mass is 314 g/mol. The number of likely N-dealkylation sites (tertiary alicyclic amines) is 1. The van der Waals surface area contributed by atoms with Crippen LogP contribution in [0.4, 0.5) is 0 Å². The molecule has 0 aliphatic carbocycles. The number of para-hydroxylation sites is 2. The lowest BCUT2D eigenvalue weighted by Gasteiger charge is -2.30. The molecule has 3 rings (SSSR count). The van der Waals surface area contributed by atoms with Crippen molar-refractivity contribution in [3.63, 3.8) is 0 Å². The van der Waals surface area contributed by atoms with Crippen LogP contribution in [0.1, 0.15) is 32.5 Å². The van der Waals surface area contributed by atoms with Gasteiger partial charge in [0, 0.05) is 12.5 Å². The maximum atomic E-state index is 12.1. The zero-order valence-electron chi connectivity index (χ0n) is 14.0. The van der Waals surface area contributed by atoms with E-state index in [0.29, 0.717) is 5.92 Å². The average molecular weight is 314 g/mol. The molecule has 1 fully saturated rings. The summed E-state index contributed by atoms with van der Waals surface area (Å²) in [5.74, 6) is 1.91. The van der Waals surface area contributed by atoms with Gasteiger partial charge < -0.3 is 10.3 Å². The molecule has 0 saturated carbocycles. The van der Waals surface area contributed by atoms with Crippen molar-refractivity contribution in [2.75, 3.05) is 19.6 Å². The van der Waals surface area contributed by atoms with Gasteiger partial charge in [0.15, 0.2) is 0 Å². The van der Waals surface area contributed by atoms with Crippen LogP contribution in [0, 0.1) is 11.8 Å². The molecule has 1 saturated heterocycles. The van der Waals surface area contributed by atoms with E-state index in [2.05, 4.69) is 40.1 Å². The fraction of sp³-hybridized carbons (Fsp3) is 0.556. The van der Waals surface area contributed by atoms with Crippen molar-refractivity contribution in [3.8, 4) is 0 Å². The quantitative estimate of drug-likeness (QED) is 0.891. The van der Waals surface area contributed by atoms with E-state index < -0.39 is 0 Å². The Labute approximate surface area is 137 Å². The van der Waals surface area contributed by atoms with Crippen LogP contribution in [-0.2, 0) is 11.3 Å². The van der Waals surface area contributed by atoms with E-state index >= 15 is 0 Å². The first-order valence-electron chi connectivity index (χ1n) is 8.55. The third kappa shape index (κ3) is 4.10. The van der Waals surface area contributed by atoms with Gasteiger partial charge in [0.25, 0.3) is 0 Å². The number of aromatic nitrogens is 2. The molecule has 0 radical (unpaired) electrons. The number of piperidine rings is 1. The Balaban J connectivity index is 1.50. The van der Waals surface area contributed by atoms with Gasteiger partial charge >= 0.3 is 0 Å². The number of fused-ring (bicyclic) bond motifs is 1. The second-order valence-electron chi connectivity index (χ2n) is 6.89. The molecule has 1 aliphatic rings. The highest BCUT2D eigenvalue weighted by atomic mass is 16.1. The number of imidazole rings is 1. The van der Waals surface area contributed by atoms with Gasteiger partial charge in [0.05, 0.1) is 17.6 Å². The third-order valence-electron chi connectivity index (χ3n) is 4.45. The number of H-pyrrole nitrogens is 1. The first kappa shape index (κ1) is 16.0. The molecule has 1 aromatic carbocycles. The number of amides is 1. The molecule has 2 N–H and O–H groups in total. The van der Waals surface area contributed by atoms with Crippen molar-refractivity contribution >= 4 is 16.9 Å². The predicted molar refractivity (Wildman–Crippen MR) is 91.9 cm³/mol. The molecule has 5 nitrogen and oxygen atoms in total. The number of carbonyl (C=O) groups is 1. The Hall–Kier alpha value is -1.88. The highest BCUT2D eigenvalue weighted by molar-refractivity contribution is 5.78. The van der Waals surface area contributed by atoms with Crippen molar-refractivity contribution in [3.05, 3.63) is 30.1 Å². The fourth-order valence-electron chi connectivity index (χ4n) is 3.09. The first-order chi connectivity index (χ1) is 11.1. The largest absolute Gasteiger partial charge is 0.356 e. The van der Waals surface area contributed by atoms with Crippen LogP contribution in [0.15, 0.2) is 24.3 Å². The second kappa shape index (κ2) is 7.13. The molecule has 0 atom stereocenters. The van der Waals surface area contributed by atoms with Crippen LogP contribution in [0.25, 0.3) is 11.0 Å². The molecular weight excluding hydrogens is 288 g/mol. The highest BCUT2D eigenvalue weighted by Crippen LogP contribution is 2.19. The molecule has 0 spiro atoms. The Morgan fingerprint density at radius 3 is 2.78 bits per heavy atom. The zero-order chi connectivity index (χ0) is 16.2. The standard InChI is InChI=1S/C18H26N4O/c1-13(2)11-19-18(23)14-7-9-22(10-8-14)12-17-20-15-5-3-4-6-16(15)21-17/h3-6,13-14H,7-12H2,1-2H3,(H,19,23)(H,20,21). The van der Waals surface area contributed by atoms with Gasteiger partial charge in [-0.3, -0.25) is 9.69 Å². The van der Waals surface area contributed by atoms with Gasteiger partial charge in [-0.25, -0.2) is 4.98 Å². The maximum absolute atomic E-state index is 12.1. The lowest BCUT2D eigenvalue weighted by atomic mass is 9.95. The summed E-state index contributed by atoms with van der Waals surface area (Å²) in [4.78, 5) is 22.5. The van der Waals surface area contributed by atoms with E-state index in [-0.39, 0.29) is 11.8 Å². The number of hydrogen-bond acceptors (Lipinski definition) is 3. The van der Waals surface area contributed by atoms with Gasteiger partial charge in [-0.1, -0.05) is 26.0 Å². The topological polar surface area (TPSA) is 61.0 Å². The summed E-state index contributed by atoms with van der Waals surface area (Å²) in [5.41, 5.74) is 2.11. The Bertz CT molecular complexity index is 623. The number of carbonyl (C=O) groups excluding carboxylic acids is 1. The van der Waals surface area contributed by atoms with Gasteiger partial charge in [0.1, 0.15) is 5.82 Å². The molecule has 1 aliphatic heterocycles. The lowest BCUT2D eigenvalue weighted by Crippen LogP contribution is -2.41. The molecule has 2 aromatic rings. The number of hydrogen-bond donors (Lipinski definition) is 2. The van der Waals surface area contributed by atoms with Gasteiger partial charge in [0.2, 0.25) is 5.91 Å². The van der Waals surface area contributed by atoms with Crippen molar-refractivity contribution in [2.45, 2.75) is 33.2 Å². The molecule has 0 unspecified atom stereocenters. The van der Waals surface area contributed by atoms with E-state index in [1.165, 1.54) is 0 Å². The van der Waals surface area contributed by atoms with E-state index in [1.807, 2.05) is 18.2 Å². The summed E-state index contributed by atoms with van der Waals surface area (Å²) in [6.45, 7) is 7.76. The summed E-state index contributed by atoms with van der Waals surface area (Å²) >= 11 is 0. The average Bonchev–Trinajstić information content (AvgIpc) is 2.95. The zero-order valence-corrected chi connectivity index (χ0v) is 14.0. The minimum atomic E-state index is 0.167. The van der Waals surface area contributed by atoms with Gasteiger partial charge in [-0.05, 0) is 44.0 Å². The highest BCUT2D eigenvalue weighted by Gasteiger charge is 2.25. The van der Waals surface area contributed by atoms with Crippen LogP contribution in [0.3, 0.4) is 0 Å². The van der Waals surface area contributed by atoms with Crippen molar-refractivity contribution in [1.82, 2.24) is 20.2 Å². The number of aromatic amines is 1. The first-order valence-corrected chi connectivity index (χ1v) is 8.55. The molecule has 0 bridgehead atoms. The van der Waals surface area contributed by atoms with E-state index in [0.717, 1.165) is 55.9 Å². The van der Waals surface area contributed by atoms with E-state index in [9.17, 15) is 4.79 Å². The SMILES string of the molecule is CC(C)CNC(=O)C1CCN(Cc2nc3ccccc3[nH]2)CC1. The molecule has 1 amide bonds. The van der Waals surface area contributed by atoms with Gasteiger partial charge in [-0.2, -0.15) is 0 Å². The van der Waals surface area contributed by atoms with Gasteiger partial charge in [-0.15, -0.1) is 0 Å². The summed E-state index contributed by atoms with van der Waals surface area (Å²) in [6.07, 6.45) is 1.87. The summed E-state index contributed by atoms with van der Waals surface area (Å²) in [7, 11) is 0. The molecule has 5 heteroatoms. The van der Waals surface area contributed by atoms with Crippen LogP contribution in [0.2, 0.25) is 0 Å². The molecule has 124 valence electrons. The number of benzene rings is 1. The Morgan fingerprint density at radius 1 is 1.35 bits per heavy atom. The summed E-state index contributed by atoms with van der Waals surface area (Å²) in [6, 6.07) is 8.11. The van der Waals surface area contributed by atoms with Crippen LogP contribution in [0.5, 0.6) is 0 Å². The Morgan fingerprint density at radius 2 is 2.09 bits per heavy atom. The van der Waals surface area contributed by atoms with E-state index in [1.54, 1.807) is 0 Å². The smallest absolute Gasteiger partial charge is 0.223 e. The number of rotatable bonds is 5. The summed E-state index contributed by atoms with van der Waals surface area (Å²) < 4.78 is 0.